The van der Waals surface area contributed by atoms with Gasteiger partial charge in [-0.3, -0.25) is 4.79 Å². The van der Waals surface area contributed by atoms with E-state index in [2.05, 4.69) is 4.90 Å². The van der Waals surface area contributed by atoms with Gasteiger partial charge in [-0.1, -0.05) is 78.7 Å². The quantitative estimate of drug-likeness (QED) is 0.145. The van der Waals surface area contributed by atoms with Gasteiger partial charge in [0.15, 0.2) is 0 Å². The van der Waals surface area contributed by atoms with Gasteiger partial charge in [0.25, 0.3) is 0 Å². The molecule has 0 fully saturated rings. The topological polar surface area (TPSA) is 66.8 Å². The lowest BCUT2D eigenvalue weighted by molar-refractivity contribution is -0.176. The number of benzene rings is 4. The van der Waals surface area contributed by atoms with E-state index in [-0.39, 0.29) is 17.9 Å². The number of aromatic carboxylic acids is 1. The molecule has 0 aromatic heterocycles. The van der Waals surface area contributed by atoms with Crippen molar-refractivity contribution >= 4 is 35.0 Å². The molecule has 0 heterocycles. The van der Waals surface area contributed by atoms with E-state index >= 15 is 0 Å². The van der Waals surface area contributed by atoms with E-state index in [0.29, 0.717) is 46.6 Å². The van der Waals surface area contributed by atoms with Gasteiger partial charge in [-0.25, -0.2) is 4.79 Å². The smallest absolute Gasteiger partial charge is 0.450 e. The first-order valence-electron chi connectivity index (χ1n) is 14.7. The van der Waals surface area contributed by atoms with Gasteiger partial charge in [0.2, 0.25) is 5.78 Å². The number of carbonyl (C=O) groups excluding carboxylic acids is 1. The third-order valence-corrected chi connectivity index (χ3v) is 8.57. The predicted molar refractivity (Wildman–Crippen MR) is 174 cm³/mol. The van der Waals surface area contributed by atoms with Crippen molar-refractivity contribution in [1.29, 1.82) is 0 Å². The van der Waals surface area contributed by atoms with Crippen LogP contribution >= 0.6 is 23.2 Å². The van der Waals surface area contributed by atoms with Gasteiger partial charge < -0.3 is 14.7 Å². The van der Waals surface area contributed by atoms with E-state index in [1.807, 2.05) is 55.6 Å². The number of hydrogen-bond donors (Lipinski definition) is 1. The summed E-state index contributed by atoms with van der Waals surface area (Å²) in [6, 6.07) is 27.7. The summed E-state index contributed by atoms with van der Waals surface area (Å²) in [6.45, 7) is 3.24. The lowest BCUT2D eigenvalue weighted by Gasteiger charge is -2.25. The Kier molecular flexibility index (Phi) is 11.9. The zero-order valence-electron chi connectivity index (χ0n) is 25.3. The van der Waals surface area contributed by atoms with Crippen LogP contribution in [0.3, 0.4) is 0 Å². The Balaban J connectivity index is 1.38. The van der Waals surface area contributed by atoms with Gasteiger partial charge in [0.1, 0.15) is 12.4 Å². The summed E-state index contributed by atoms with van der Waals surface area (Å²) in [5.41, 5.74) is 3.24. The molecule has 0 spiro atoms. The minimum Gasteiger partial charge on any atom is -0.492 e. The molecule has 46 heavy (non-hydrogen) atoms. The minimum absolute atomic E-state index is 0.0133. The molecule has 0 aliphatic heterocycles. The van der Waals surface area contributed by atoms with Crippen LogP contribution in [0.1, 0.15) is 51.4 Å². The molecule has 242 valence electrons. The number of hydrogen-bond acceptors (Lipinski definition) is 4. The normalized spacial score (nSPS) is 13.1. The van der Waals surface area contributed by atoms with E-state index in [4.69, 9.17) is 33.0 Å². The summed E-state index contributed by atoms with van der Waals surface area (Å²) >= 11 is 12.2. The number of ketones is 1. The Bertz CT molecular complexity index is 1550. The van der Waals surface area contributed by atoms with Crippen LogP contribution in [0, 0.1) is 5.92 Å². The van der Waals surface area contributed by atoms with E-state index in [1.165, 1.54) is 24.3 Å². The van der Waals surface area contributed by atoms with Gasteiger partial charge in [0, 0.05) is 35.0 Å². The Labute approximate surface area is 276 Å². The summed E-state index contributed by atoms with van der Waals surface area (Å²) in [7, 11) is 2.00. The fourth-order valence-electron chi connectivity index (χ4n) is 5.36. The average Bonchev–Trinajstić information content (AvgIpc) is 3.03. The summed E-state index contributed by atoms with van der Waals surface area (Å²) in [5, 5.41) is 10.5. The van der Waals surface area contributed by atoms with Crippen molar-refractivity contribution in [2.75, 3.05) is 26.7 Å². The second kappa shape index (κ2) is 15.6. The predicted octanol–water partition coefficient (Wildman–Crippen LogP) is 8.93. The van der Waals surface area contributed by atoms with Crippen molar-refractivity contribution in [3.05, 3.63) is 135 Å². The molecule has 4 rings (SSSR count). The molecule has 0 saturated carbocycles. The van der Waals surface area contributed by atoms with Gasteiger partial charge in [-0.15, -0.1) is 0 Å². The van der Waals surface area contributed by atoms with Crippen LogP contribution in [-0.4, -0.2) is 54.7 Å². The van der Waals surface area contributed by atoms with Gasteiger partial charge in [-0.05, 0) is 90.2 Å². The molecule has 0 aliphatic rings. The first-order chi connectivity index (χ1) is 21.8. The van der Waals surface area contributed by atoms with Gasteiger partial charge in [-0.2, -0.15) is 13.2 Å². The van der Waals surface area contributed by atoms with Crippen LogP contribution in [0.5, 0.6) is 5.75 Å². The van der Waals surface area contributed by atoms with Crippen LogP contribution in [-0.2, 0) is 11.2 Å². The van der Waals surface area contributed by atoms with E-state index in [0.717, 1.165) is 11.1 Å². The zero-order valence-corrected chi connectivity index (χ0v) is 26.8. The van der Waals surface area contributed by atoms with Crippen LogP contribution in [0.25, 0.3) is 0 Å². The first-order valence-corrected chi connectivity index (χ1v) is 15.4. The van der Waals surface area contributed by atoms with Crippen molar-refractivity contribution in [2.24, 2.45) is 5.92 Å². The van der Waals surface area contributed by atoms with Crippen LogP contribution in [0.15, 0.2) is 97.1 Å². The third-order valence-electron chi connectivity index (χ3n) is 8.06. The SMILES string of the molecule is CC(c1ccc(C(=O)O)cc1)C(Cc1ccc(OCCN(C)CC(c2ccc(Cl)cc2)c2ccc(Cl)cc2)cc1)C(=O)C(F)(F)F. The number of halogens is 5. The van der Waals surface area contributed by atoms with Crippen LogP contribution in [0.4, 0.5) is 13.2 Å². The third kappa shape index (κ3) is 9.58. The Morgan fingerprint density at radius 2 is 1.30 bits per heavy atom. The largest absolute Gasteiger partial charge is 0.492 e. The highest BCUT2D eigenvalue weighted by atomic mass is 35.5. The highest BCUT2D eigenvalue weighted by Gasteiger charge is 2.45. The number of Topliss-reactive ketones (excluding diaryl/α,β-unsaturated/α-hetero) is 1. The summed E-state index contributed by atoms with van der Waals surface area (Å²) in [5.74, 6) is -4.51. The number of carbonyl (C=O) groups is 2. The molecular formula is C36H34Cl2F3NO4. The van der Waals surface area contributed by atoms with Crippen molar-refractivity contribution in [1.82, 2.24) is 4.90 Å². The molecule has 0 bridgehead atoms. The summed E-state index contributed by atoms with van der Waals surface area (Å²) < 4.78 is 46.6. The number of alkyl halides is 3. The molecule has 5 nitrogen and oxygen atoms in total. The summed E-state index contributed by atoms with van der Waals surface area (Å²) in [6.07, 6.45) is -5.14. The van der Waals surface area contributed by atoms with Crippen LogP contribution in [0.2, 0.25) is 10.0 Å². The maximum atomic E-state index is 13.6. The lowest BCUT2D eigenvalue weighted by Crippen LogP contribution is -2.34. The molecule has 4 aromatic rings. The molecule has 2 unspecified atom stereocenters. The van der Waals surface area contributed by atoms with E-state index < -0.39 is 29.8 Å². The molecule has 2 atom stereocenters. The Morgan fingerprint density at radius 3 is 1.78 bits per heavy atom. The van der Waals surface area contributed by atoms with Crippen molar-refractivity contribution in [3.8, 4) is 5.75 Å². The van der Waals surface area contributed by atoms with Gasteiger partial charge >= 0.3 is 12.1 Å². The first kappa shape index (κ1) is 35.0. The standard InChI is InChI=1S/C36H34Cl2F3NO4/c1-23(25-5-7-28(8-6-25)35(44)45)32(34(43)36(39,40)41)21-24-3-17-31(18-4-24)46-20-19-42(2)22-33(26-9-13-29(37)14-10-26)27-11-15-30(38)16-12-27/h3-18,23,32-33H,19-22H2,1-2H3,(H,44,45). The number of nitrogens with zero attached hydrogens (tertiary/aromatic N) is 1. The zero-order chi connectivity index (χ0) is 33.4. The van der Waals surface area contributed by atoms with Crippen molar-refractivity contribution in [2.45, 2.75) is 31.4 Å². The summed E-state index contributed by atoms with van der Waals surface area (Å²) in [4.78, 5) is 25.8. The molecule has 1 N–H and O–H groups in total. The van der Waals surface area contributed by atoms with Crippen molar-refractivity contribution < 1.29 is 32.6 Å². The van der Waals surface area contributed by atoms with E-state index in [9.17, 15) is 22.8 Å². The molecular weight excluding hydrogens is 638 g/mol. The molecule has 0 amide bonds. The second-order valence-electron chi connectivity index (χ2n) is 11.3. The van der Waals surface area contributed by atoms with E-state index in [1.54, 1.807) is 31.2 Å². The number of carboxylic acids is 1. The van der Waals surface area contributed by atoms with Crippen LogP contribution < -0.4 is 4.74 Å². The number of rotatable bonds is 14. The second-order valence-corrected chi connectivity index (χ2v) is 12.2. The maximum Gasteiger partial charge on any atom is 0.450 e. The fourth-order valence-corrected chi connectivity index (χ4v) is 5.61. The average molecular weight is 673 g/mol. The Hall–Kier alpha value is -3.85. The molecule has 4 aromatic carbocycles. The fraction of sp³-hybridized carbons (Fsp3) is 0.278. The molecule has 10 heteroatoms. The maximum absolute atomic E-state index is 13.6. The molecule has 0 radical (unpaired) electrons. The highest BCUT2D eigenvalue weighted by Crippen LogP contribution is 2.34. The number of carboxylic acid groups (broad SMARTS) is 1. The lowest BCUT2D eigenvalue weighted by atomic mass is 9.80. The molecule has 0 saturated heterocycles. The minimum atomic E-state index is -5.00. The number of ether oxygens (including phenoxy) is 1. The van der Waals surface area contributed by atoms with Gasteiger partial charge in [0.05, 0.1) is 5.56 Å². The monoisotopic (exact) mass is 671 g/mol. The highest BCUT2D eigenvalue weighted by molar-refractivity contribution is 6.30. The van der Waals surface area contributed by atoms with Crippen molar-refractivity contribution in [3.63, 3.8) is 0 Å². The Morgan fingerprint density at radius 1 is 0.804 bits per heavy atom. The number of likely N-dealkylation sites (N-methyl/N-ethyl adjacent to an activating group) is 1. The molecule has 0 aliphatic carbocycles.